The van der Waals surface area contributed by atoms with E-state index in [1.54, 1.807) is 0 Å². The van der Waals surface area contributed by atoms with Crippen molar-refractivity contribution in [2.45, 2.75) is 25.3 Å². The minimum Gasteiger partial charge on any atom is -0.383 e. The lowest BCUT2D eigenvalue weighted by Gasteiger charge is -2.37. The highest BCUT2D eigenvalue weighted by Gasteiger charge is 2.33. The van der Waals surface area contributed by atoms with Crippen LogP contribution < -0.4 is 11.1 Å². The van der Waals surface area contributed by atoms with Gasteiger partial charge in [0, 0.05) is 23.7 Å². The maximum absolute atomic E-state index is 6.05. The summed E-state index contributed by atoms with van der Waals surface area (Å²) in [6, 6.07) is 11.0. The number of nitrogens with zero attached hydrogens (tertiary/aromatic N) is 1. The summed E-state index contributed by atoms with van der Waals surface area (Å²) in [4.78, 5) is 4.28. The van der Waals surface area contributed by atoms with Crippen LogP contribution in [0.15, 0.2) is 36.5 Å². The van der Waals surface area contributed by atoms with Gasteiger partial charge in [-0.05, 0) is 43.1 Å². The molecule has 0 saturated carbocycles. The molecule has 0 saturated heterocycles. The third-order valence-electron chi connectivity index (χ3n) is 4.03. The maximum Gasteiger partial charge on any atom is 0.128 e. The average molecular weight is 253 g/mol. The van der Waals surface area contributed by atoms with E-state index in [0.717, 1.165) is 17.5 Å². The van der Waals surface area contributed by atoms with Crippen LogP contribution in [0.4, 0.5) is 5.82 Å². The van der Waals surface area contributed by atoms with Crippen LogP contribution in [0.25, 0.3) is 0 Å². The van der Waals surface area contributed by atoms with Crippen molar-refractivity contribution in [3.8, 4) is 0 Å². The van der Waals surface area contributed by atoms with E-state index < -0.39 is 0 Å². The zero-order valence-electron chi connectivity index (χ0n) is 11.4. The van der Waals surface area contributed by atoms with Crippen LogP contribution in [0.2, 0.25) is 0 Å². The van der Waals surface area contributed by atoms with Crippen molar-refractivity contribution in [3.05, 3.63) is 58.8 Å². The van der Waals surface area contributed by atoms with Crippen LogP contribution in [-0.4, -0.2) is 12.0 Å². The van der Waals surface area contributed by atoms with Gasteiger partial charge in [0.15, 0.2) is 0 Å². The Hall–Kier alpha value is -1.87. The standard InChI is InChI=1S/C16H19N3/c1-10-7-14(16(17)19-9-10)15(18-2)13-8-11-5-3-4-6-12(11)13/h3-7,9,13,15,18H,8H2,1-2H3,(H2,17,19). The summed E-state index contributed by atoms with van der Waals surface area (Å²) < 4.78 is 0. The van der Waals surface area contributed by atoms with E-state index in [4.69, 9.17) is 5.73 Å². The van der Waals surface area contributed by atoms with E-state index in [1.807, 2.05) is 13.2 Å². The molecule has 1 aliphatic rings. The van der Waals surface area contributed by atoms with Gasteiger partial charge in [0.05, 0.1) is 0 Å². The summed E-state index contributed by atoms with van der Waals surface area (Å²) in [6.07, 6.45) is 2.93. The van der Waals surface area contributed by atoms with Gasteiger partial charge in [-0.3, -0.25) is 0 Å². The highest BCUT2D eigenvalue weighted by Crippen LogP contribution is 2.44. The smallest absolute Gasteiger partial charge is 0.128 e. The fourth-order valence-electron chi connectivity index (χ4n) is 3.02. The second kappa shape index (κ2) is 4.67. The number of hydrogen-bond acceptors (Lipinski definition) is 3. The number of nitrogen functional groups attached to an aromatic ring is 1. The zero-order chi connectivity index (χ0) is 13.4. The van der Waals surface area contributed by atoms with E-state index in [2.05, 4.69) is 47.6 Å². The summed E-state index contributed by atoms with van der Waals surface area (Å²) in [7, 11) is 1.99. The molecule has 0 amide bonds. The van der Waals surface area contributed by atoms with Gasteiger partial charge in [-0.2, -0.15) is 0 Å². The summed E-state index contributed by atoms with van der Waals surface area (Å²) in [6.45, 7) is 2.05. The molecule has 2 aromatic rings. The van der Waals surface area contributed by atoms with E-state index in [-0.39, 0.29) is 6.04 Å². The number of aryl methyl sites for hydroxylation is 1. The maximum atomic E-state index is 6.05. The van der Waals surface area contributed by atoms with E-state index in [0.29, 0.717) is 11.7 Å². The normalized spacial score (nSPS) is 18.5. The van der Waals surface area contributed by atoms with Crippen molar-refractivity contribution < 1.29 is 0 Å². The Morgan fingerprint density at radius 3 is 2.89 bits per heavy atom. The van der Waals surface area contributed by atoms with Crippen molar-refractivity contribution in [2.24, 2.45) is 0 Å². The fourth-order valence-corrected chi connectivity index (χ4v) is 3.02. The molecule has 0 bridgehead atoms. The van der Waals surface area contributed by atoms with Crippen molar-refractivity contribution in [2.75, 3.05) is 12.8 Å². The van der Waals surface area contributed by atoms with Gasteiger partial charge in [0.25, 0.3) is 0 Å². The Kier molecular flexibility index (Phi) is 2.99. The minimum absolute atomic E-state index is 0.238. The number of benzene rings is 1. The molecule has 3 N–H and O–H groups in total. The van der Waals surface area contributed by atoms with E-state index in [1.165, 1.54) is 11.1 Å². The lowest BCUT2D eigenvalue weighted by Crippen LogP contribution is -2.32. The summed E-state index contributed by atoms with van der Waals surface area (Å²) >= 11 is 0. The second-order valence-electron chi connectivity index (χ2n) is 5.26. The zero-order valence-corrected chi connectivity index (χ0v) is 11.4. The lowest BCUT2D eigenvalue weighted by molar-refractivity contribution is 0.439. The van der Waals surface area contributed by atoms with Crippen molar-refractivity contribution in [1.82, 2.24) is 10.3 Å². The number of rotatable bonds is 3. The Labute approximate surface area is 113 Å². The van der Waals surface area contributed by atoms with Crippen LogP contribution in [0.5, 0.6) is 0 Å². The molecule has 0 aliphatic heterocycles. The highest BCUT2D eigenvalue weighted by atomic mass is 14.9. The number of hydrogen-bond donors (Lipinski definition) is 2. The van der Waals surface area contributed by atoms with Gasteiger partial charge < -0.3 is 11.1 Å². The molecule has 2 unspecified atom stereocenters. The van der Waals surface area contributed by atoms with Gasteiger partial charge in [-0.25, -0.2) is 4.98 Å². The molecular formula is C16H19N3. The predicted octanol–water partition coefficient (Wildman–Crippen LogP) is 2.57. The first kappa shape index (κ1) is 12.2. The molecule has 0 fully saturated rings. The molecular weight excluding hydrogens is 234 g/mol. The SMILES string of the molecule is CNC(c1cc(C)cnc1N)C1Cc2ccccc21. The molecule has 0 radical (unpaired) electrons. The van der Waals surface area contributed by atoms with Crippen LogP contribution in [0.3, 0.4) is 0 Å². The van der Waals surface area contributed by atoms with Crippen molar-refractivity contribution >= 4 is 5.82 Å². The first-order valence-corrected chi connectivity index (χ1v) is 6.68. The lowest BCUT2D eigenvalue weighted by atomic mass is 9.71. The predicted molar refractivity (Wildman–Crippen MR) is 78.1 cm³/mol. The molecule has 1 heterocycles. The monoisotopic (exact) mass is 253 g/mol. The highest BCUT2D eigenvalue weighted by molar-refractivity contribution is 5.49. The molecule has 1 aromatic heterocycles. The Morgan fingerprint density at radius 2 is 2.16 bits per heavy atom. The molecule has 19 heavy (non-hydrogen) atoms. The van der Waals surface area contributed by atoms with Crippen LogP contribution in [-0.2, 0) is 6.42 Å². The van der Waals surface area contributed by atoms with E-state index >= 15 is 0 Å². The molecule has 98 valence electrons. The number of nitrogens with two attached hydrogens (primary N) is 1. The molecule has 3 rings (SSSR count). The molecule has 1 aromatic carbocycles. The van der Waals surface area contributed by atoms with Crippen LogP contribution in [0.1, 0.15) is 34.2 Å². The number of likely N-dealkylation sites (N-methyl/N-ethyl adjacent to an activating group) is 1. The Morgan fingerprint density at radius 1 is 1.37 bits per heavy atom. The quantitative estimate of drug-likeness (QED) is 0.884. The molecule has 1 aliphatic carbocycles. The van der Waals surface area contributed by atoms with Gasteiger partial charge in [0.1, 0.15) is 5.82 Å². The number of fused-ring (bicyclic) bond motifs is 1. The first-order valence-electron chi connectivity index (χ1n) is 6.68. The molecule has 0 spiro atoms. The Bertz CT molecular complexity index is 607. The van der Waals surface area contributed by atoms with E-state index in [9.17, 15) is 0 Å². The molecule has 2 atom stereocenters. The fraction of sp³-hybridized carbons (Fsp3) is 0.312. The van der Waals surface area contributed by atoms with Crippen LogP contribution >= 0.6 is 0 Å². The number of anilines is 1. The number of pyridine rings is 1. The third-order valence-corrected chi connectivity index (χ3v) is 4.03. The number of aromatic nitrogens is 1. The molecule has 3 nitrogen and oxygen atoms in total. The minimum atomic E-state index is 0.238. The summed E-state index contributed by atoms with van der Waals surface area (Å²) in [5, 5.41) is 3.41. The average Bonchev–Trinajstić information content (AvgIpc) is 2.39. The first-order chi connectivity index (χ1) is 9.20. The van der Waals surface area contributed by atoms with Crippen LogP contribution in [0, 0.1) is 6.92 Å². The number of nitrogens with one attached hydrogen (secondary N) is 1. The third kappa shape index (κ3) is 2.00. The van der Waals surface area contributed by atoms with Crippen molar-refractivity contribution in [1.29, 1.82) is 0 Å². The van der Waals surface area contributed by atoms with Gasteiger partial charge in [0.2, 0.25) is 0 Å². The van der Waals surface area contributed by atoms with Gasteiger partial charge in [-0.15, -0.1) is 0 Å². The second-order valence-corrected chi connectivity index (χ2v) is 5.26. The van der Waals surface area contributed by atoms with Gasteiger partial charge >= 0.3 is 0 Å². The Balaban J connectivity index is 1.97. The van der Waals surface area contributed by atoms with Gasteiger partial charge in [-0.1, -0.05) is 24.3 Å². The molecule has 3 heteroatoms. The largest absolute Gasteiger partial charge is 0.383 e. The van der Waals surface area contributed by atoms with Crippen molar-refractivity contribution in [3.63, 3.8) is 0 Å². The summed E-state index contributed by atoms with van der Waals surface area (Å²) in [5.74, 6) is 1.13. The summed E-state index contributed by atoms with van der Waals surface area (Å²) in [5.41, 5.74) is 11.2. The topological polar surface area (TPSA) is 50.9 Å².